The van der Waals surface area contributed by atoms with E-state index in [1.54, 1.807) is 0 Å². The van der Waals surface area contributed by atoms with Crippen molar-refractivity contribution >= 4 is 66.4 Å². The number of hydrogen-bond acceptors (Lipinski definition) is 0. The van der Waals surface area contributed by atoms with Crippen molar-refractivity contribution in [3.8, 4) is 5.69 Å². The highest BCUT2D eigenvalue weighted by molar-refractivity contribution is 6.25. The monoisotopic (exact) mass is 498 g/mol. The second-order valence-corrected chi connectivity index (χ2v) is 10.2. The smallest absolute Gasteiger partial charge is 0.0697 e. The number of aromatic nitrogens is 2. The minimum absolute atomic E-state index is 0.925. The van der Waals surface area contributed by atoms with Crippen molar-refractivity contribution in [2.45, 2.75) is 6.42 Å². The van der Waals surface area contributed by atoms with E-state index in [0.717, 1.165) is 28.8 Å². The molecule has 39 heavy (non-hydrogen) atoms. The summed E-state index contributed by atoms with van der Waals surface area (Å²) in [6.45, 7) is 0. The van der Waals surface area contributed by atoms with Gasteiger partial charge in [-0.25, -0.2) is 0 Å². The van der Waals surface area contributed by atoms with Crippen molar-refractivity contribution in [1.29, 1.82) is 0 Å². The molecule has 1 N–H and O–H groups in total. The van der Waals surface area contributed by atoms with Crippen molar-refractivity contribution in [2.24, 2.45) is 0 Å². The van der Waals surface area contributed by atoms with E-state index in [-0.39, 0.29) is 0 Å². The summed E-state index contributed by atoms with van der Waals surface area (Å²) in [5.41, 5.74) is 6.85. The van der Waals surface area contributed by atoms with Crippen LogP contribution >= 0.6 is 0 Å². The lowest BCUT2D eigenvalue weighted by atomic mass is 9.94. The topological polar surface area (TPSA) is 20.7 Å². The van der Waals surface area contributed by atoms with Crippen LogP contribution in [0.4, 0.5) is 0 Å². The molecular formula is C37H26N2. The van der Waals surface area contributed by atoms with Gasteiger partial charge in [0.25, 0.3) is 0 Å². The Balaban J connectivity index is 1.58. The predicted molar refractivity (Wildman–Crippen MR) is 168 cm³/mol. The third-order valence-corrected chi connectivity index (χ3v) is 7.97. The molecule has 6 aromatic carbocycles. The number of nitrogens with one attached hydrogen (secondary N) is 1. The fourth-order valence-corrected chi connectivity index (χ4v) is 6.23. The maximum atomic E-state index is 3.77. The van der Waals surface area contributed by atoms with Crippen LogP contribution in [0, 0.1) is 0 Å². The number of fused-ring (bicyclic) bond motifs is 10. The zero-order chi connectivity index (χ0) is 25.8. The molecule has 1 heterocycles. The Labute approximate surface area is 226 Å². The fourth-order valence-electron chi connectivity index (χ4n) is 6.23. The van der Waals surface area contributed by atoms with E-state index in [1.165, 1.54) is 48.8 Å². The van der Waals surface area contributed by atoms with Gasteiger partial charge in [-0.3, -0.25) is 0 Å². The van der Waals surface area contributed by atoms with Crippen molar-refractivity contribution in [3.05, 3.63) is 139 Å². The van der Waals surface area contributed by atoms with E-state index >= 15 is 0 Å². The molecule has 0 atom stereocenters. The average Bonchev–Trinajstić information content (AvgIpc) is 3.23. The summed E-state index contributed by atoms with van der Waals surface area (Å²) in [7, 11) is 0. The predicted octanol–water partition coefficient (Wildman–Crippen LogP) is 10.1. The molecule has 2 nitrogen and oxygen atoms in total. The fraction of sp³-hybridized carbons (Fsp3) is 0.0270. The van der Waals surface area contributed by atoms with Gasteiger partial charge in [-0.1, -0.05) is 103 Å². The number of allylic oxidation sites excluding steroid dienone is 2. The minimum atomic E-state index is 0.925. The Morgan fingerprint density at radius 1 is 0.487 bits per heavy atom. The van der Waals surface area contributed by atoms with Gasteiger partial charge >= 0.3 is 0 Å². The second-order valence-electron chi connectivity index (χ2n) is 10.2. The van der Waals surface area contributed by atoms with Gasteiger partial charge in [0.05, 0.1) is 16.6 Å². The molecule has 0 unspecified atom stereocenters. The number of hydrogen-bond donors (Lipinski definition) is 1. The lowest BCUT2D eigenvalue weighted by molar-refractivity contribution is 1.16. The normalized spacial score (nSPS) is 12.8. The van der Waals surface area contributed by atoms with Gasteiger partial charge in [0.2, 0.25) is 0 Å². The third-order valence-electron chi connectivity index (χ3n) is 7.97. The van der Waals surface area contributed by atoms with E-state index in [9.17, 15) is 0 Å². The van der Waals surface area contributed by atoms with Gasteiger partial charge in [0.15, 0.2) is 0 Å². The molecule has 1 aromatic heterocycles. The molecule has 0 fully saturated rings. The molecule has 0 saturated heterocycles. The lowest BCUT2D eigenvalue weighted by Crippen LogP contribution is -2.01. The molecule has 0 amide bonds. The standard InChI is InChI=1S/C37H26N2/c1-2-16-31-32-17-8-10-20-36(32)39(37-21-11-9-19-35(37)38-34(31)18-3-1)25-22-23-30-28-14-5-4-12-26(28)27-13-6-7-15-29(27)33(30)24-25/h2-24,38H,1H2. The highest BCUT2D eigenvalue weighted by Gasteiger charge is 2.13. The van der Waals surface area contributed by atoms with Crippen LogP contribution in [0.5, 0.6) is 0 Å². The first-order chi connectivity index (χ1) is 19.4. The van der Waals surface area contributed by atoms with Crippen LogP contribution in [0.1, 0.15) is 17.7 Å². The summed E-state index contributed by atoms with van der Waals surface area (Å²) in [4.78, 5) is 3.77. The molecule has 8 rings (SSSR count). The summed E-state index contributed by atoms with van der Waals surface area (Å²) >= 11 is 0. The summed E-state index contributed by atoms with van der Waals surface area (Å²) in [5, 5.41) is 8.91. The Hall–Kier alpha value is -5.08. The third kappa shape index (κ3) is 3.42. The Morgan fingerprint density at radius 2 is 1.05 bits per heavy atom. The Morgan fingerprint density at radius 3 is 1.79 bits per heavy atom. The minimum Gasteiger partial charge on any atom is -0.353 e. The van der Waals surface area contributed by atoms with Gasteiger partial charge in [-0.05, 0) is 75.1 Å². The number of nitrogens with zero attached hydrogens (tertiary/aromatic N) is 1. The van der Waals surface area contributed by atoms with Gasteiger partial charge in [-0.15, -0.1) is 0 Å². The van der Waals surface area contributed by atoms with Crippen molar-refractivity contribution < 1.29 is 0 Å². The summed E-state index contributed by atoms with van der Waals surface area (Å²) in [6.07, 6.45) is 9.85. The number of rotatable bonds is 1. The van der Waals surface area contributed by atoms with Crippen molar-refractivity contribution in [1.82, 2.24) is 9.55 Å². The first-order valence-electron chi connectivity index (χ1n) is 13.5. The molecule has 0 spiro atoms. The number of H-pyrrole nitrogens is 1. The van der Waals surface area contributed by atoms with Crippen LogP contribution in [0.15, 0.2) is 127 Å². The molecule has 2 heteroatoms. The molecule has 0 radical (unpaired) electrons. The van der Waals surface area contributed by atoms with Gasteiger partial charge in [0.1, 0.15) is 0 Å². The maximum Gasteiger partial charge on any atom is 0.0697 e. The molecule has 0 bridgehead atoms. The van der Waals surface area contributed by atoms with Crippen molar-refractivity contribution in [3.63, 3.8) is 0 Å². The van der Waals surface area contributed by atoms with Crippen LogP contribution in [-0.2, 0) is 0 Å². The first kappa shape index (κ1) is 22.0. The van der Waals surface area contributed by atoms with Crippen molar-refractivity contribution in [2.75, 3.05) is 0 Å². The average molecular weight is 499 g/mol. The van der Waals surface area contributed by atoms with Gasteiger partial charge in [0, 0.05) is 22.3 Å². The van der Waals surface area contributed by atoms with Crippen LogP contribution < -0.4 is 0 Å². The largest absolute Gasteiger partial charge is 0.353 e. The SMILES string of the molecule is C1=Cc2[nH]c3ccccc3n(-c3ccc4c5ccccc5c5ccccc5c4c3)c3ccccc3c2C=CC1. The Bertz CT molecular complexity index is 2170. The van der Waals surface area contributed by atoms with Crippen LogP contribution in [0.25, 0.3) is 72.1 Å². The Kier molecular flexibility index (Phi) is 4.92. The first-order valence-corrected chi connectivity index (χ1v) is 13.5. The molecule has 184 valence electrons. The van der Waals surface area contributed by atoms with Crippen LogP contribution in [-0.4, -0.2) is 9.55 Å². The van der Waals surface area contributed by atoms with Crippen LogP contribution in [0.2, 0.25) is 0 Å². The highest BCUT2D eigenvalue weighted by atomic mass is 15.0. The molecule has 7 aromatic rings. The van der Waals surface area contributed by atoms with Crippen LogP contribution in [0.3, 0.4) is 0 Å². The zero-order valence-corrected chi connectivity index (χ0v) is 21.4. The van der Waals surface area contributed by atoms with Gasteiger partial charge in [-0.2, -0.15) is 0 Å². The maximum absolute atomic E-state index is 3.77. The van der Waals surface area contributed by atoms with E-state index < -0.39 is 0 Å². The van der Waals surface area contributed by atoms with E-state index in [0.29, 0.717) is 0 Å². The number of aromatic amines is 1. The second kappa shape index (κ2) is 8.75. The zero-order valence-electron chi connectivity index (χ0n) is 21.4. The summed E-state index contributed by atoms with van der Waals surface area (Å²) in [6, 6.07) is 41.9. The lowest BCUT2D eigenvalue weighted by Gasteiger charge is -2.18. The molecular weight excluding hydrogens is 472 g/mol. The number of para-hydroxylation sites is 3. The summed E-state index contributed by atoms with van der Waals surface area (Å²) < 4.78 is 2.41. The molecule has 0 aliphatic heterocycles. The van der Waals surface area contributed by atoms with E-state index in [4.69, 9.17) is 0 Å². The molecule has 0 saturated carbocycles. The highest BCUT2D eigenvalue weighted by Crippen LogP contribution is 2.37. The quantitative estimate of drug-likeness (QED) is 0.217. The molecule has 1 aliphatic rings. The van der Waals surface area contributed by atoms with E-state index in [1.807, 2.05) is 0 Å². The molecule has 1 aliphatic carbocycles. The summed E-state index contributed by atoms with van der Waals surface area (Å²) in [5.74, 6) is 0. The van der Waals surface area contributed by atoms with E-state index in [2.05, 4.69) is 149 Å². The van der Waals surface area contributed by atoms with Gasteiger partial charge < -0.3 is 9.55 Å². The number of benzene rings is 6.